The predicted octanol–water partition coefficient (Wildman–Crippen LogP) is 1.18. The van der Waals surface area contributed by atoms with Crippen LogP contribution in [-0.2, 0) is 6.18 Å². The van der Waals surface area contributed by atoms with E-state index in [1.165, 1.54) is 12.1 Å². The maximum Gasteiger partial charge on any atom is 0.416 e. The van der Waals surface area contributed by atoms with Crippen molar-refractivity contribution in [2.45, 2.75) is 13.1 Å². The first-order chi connectivity index (χ1) is 14.4. The van der Waals surface area contributed by atoms with Crippen LogP contribution in [0, 0.1) is 17.2 Å². The highest BCUT2D eigenvalue weighted by molar-refractivity contribution is 5.93. The lowest BCUT2D eigenvalue weighted by Crippen LogP contribution is -2.68. The lowest BCUT2D eigenvalue weighted by molar-refractivity contribution is -2.00. The molecule has 3 aromatic rings. The van der Waals surface area contributed by atoms with Gasteiger partial charge in [0.2, 0.25) is 6.79 Å². The van der Waals surface area contributed by atoms with Crippen molar-refractivity contribution in [2.75, 3.05) is 6.79 Å². The number of rotatable bonds is 2. The van der Waals surface area contributed by atoms with E-state index in [4.69, 9.17) is 32.5 Å². The summed E-state index contributed by atoms with van der Waals surface area (Å²) in [4.78, 5) is 0. The summed E-state index contributed by atoms with van der Waals surface area (Å²) in [7, 11) is -4.94. The van der Waals surface area contributed by atoms with Crippen LogP contribution in [0.5, 0.6) is 11.5 Å². The Hall–Kier alpha value is -2.89. The molecule has 0 bridgehead atoms. The molecule has 0 aliphatic carbocycles. The number of aryl methyl sites for hydroxylation is 1. The summed E-state index contributed by atoms with van der Waals surface area (Å²) in [5.74, 6) is 2.63. The first kappa shape index (κ1) is 22.8. The van der Waals surface area contributed by atoms with Gasteiger partial charge in [-0.1, -0.05) is 12.1 Å². The molecule has 0 unspecified atom stereocenters. The van der Waals surface area contributed by atoms with E-state index in [0.717, 1.165) is 22.9 Å². The zero-order valence-corrected chi connectivity index (χ0v) is 16.5. The van der Waals surface area contributed by atoms with Crippen molar-refractivity contribution in [3.05, 3.63) is 65.1 Å². The Balaban J connectivity index is 0.000000491. The topological polar surface area (TPSA) is 122 Å². The van der Waals surface area contributed by atoms with Crippen LogP contribution >= 0.6 is 0 Å². The lowest BCUT2D eigenvalue weighted by atomic mass is 10.1. The van der Waals surface area contributed by atoms with Crippen LogP contribution in [-0.4, -0.2) is 6.79 Å². The van der Waals surface area contributed by atoms with Crippen LogP contribution in [0.3, 0.4) is 0 Å². The Morgan fingerprint density at radius 3 is 2.10 bits per heavy atom. The zero-order chi connectivity index (χ0) is 22.8. The van der Waals surface area contributed by atoms with Crippen molar-refractivity contribution in [1.29, 1.82) is 0 Å². The molecule has 0 spiro atoms. The molecule has 4 rings (SSSR count). The third-order valence-corrected chi connectivity index (χ3v) is 4.11. The van der Waals surface area contributed by atoms with E-state index in [1.54, 1.807) is 12.2 Å². The highest BCUT2D eigenvalue weighted by Gasteiger charge is 2.29. The molecular weight excluding hydrogens is 445 g/mol. The van der Waals surface area contributed by atoms with Crippen molar-refractivity contribution in [3.8, 4) is 11.5 Å². The van der Waals surface area contributed by atoms with Crippen LogP contribution in [0.15, 0.2) is 46.9 Å². The van der Waals surface area contributed by atoms with Gasteiger partial charge in [0, 0.05) is 23.6 Å². The van der Waals surface area contributed by atoms with Gasteiger partial charge in [-0.05, 0) is 29.8 Å². The summed E-state index contributed by atoms with van der Waals surface area (Å²) in [6.07, 6.45) is -0.893. The van der Waals surface area contributed by atoms with Gasteiger partial charge in [0.05, 0.1) is 17.9 Å². The summed E-state index contributed by atoms with van der Waals surface area (Å²) in [6.45, 7) is 2.01. The molecule has 0 atom stereocenters. The van der Waals surface area contributed by atoms with Gasteiger partial charge in [-0.15, -0.1) is 10.2 Å². The second kappa shape index (κ2) is 8.69. The Morgan fingerprint density at radius 1 is 0.935 bits per heavy atom. The normalized spacial score (nSPS) is 13.4. The predicted molar refractivity (Wildman–Crippen MR) is 91.9 cm³/mol. The second-order valence-corrected chi connectivity index (χ2v) is 7.10. The number of benzene rings is 2. The molecule has 0 fully saturated rings. The number of hydrogen-bond donors (Lipinski definition) is 0. The molecule has 0 amide bonds. The molecule has 0 saturated heterocycles. The fourth-order valence-electron chi connectivity index (χ4n) is 2.85. The minimum Gasteiger partial charge on any atom is -0.454 e. The average Bonchev–Trinajstić information content (AvgIpc) is 3.10. The standard InChI is InChI=1S/C20H14F3O3.ClHO4/c1-12-8-14-9-18-19(25-11-24-18)10-16(14)17(26-12)7-4-13-2-5-15(6-3-13)20(21,22)23;2-1(3,4)5/h2-10H,11H2,1H3;(H,2,3,4,5)/q+1;/p-1/b7-4+;. The SMILES string of the molecule is Cc1cc2cc3c(cc2c(/C=C/c2ccc(C(F)(F)F)cc2)[o+]1)OCO3.[O-][Cl+3]([O-])([O-])[O-]. The first-order valence-corrected chi connectivity index (χ1v) is 9.78. The second-order valence-electron chi connectivity index (χ2n) is 6.35. The zero-order valence-electron chi connectivity index (χ0n) is 15.8. The van der Waals surface area contributed by atoms with Crippen LogP contribution in [0.2, 0.25) is 0 Å². The molecule has 0 radical (unpaired) electrons. The van der Waals surface area contributed by atoms with E-state index in [-0.39, 0.29) is 6.79 Å². The number of alkyl halides is 3. The third-order valence-electron chi connectivity index (χ3n) is 4.11. The Morgan fingerprint density at radius 2 is 1.52 bits per heavy atom. The molecular formula is C20H14ClF3O7. The fraction of sp³-hybridized carbons (Fsp3) is 0.150. The number of ether oxygens (including phenoxy) is 2. The summed E-state index contributed by atoms with van der Waals surface area (Å²) < 4.78 is 88.5. The molecule has 11 heteroatoms. The Labute approximate surface area is 175 Å². The summed E-state index contributed by atoms with van der Waals surface area (Å²) in [5, 5.41) is 1.77. The van der Waals surface area contributed by atoms with Crippen LogP contribution in [0.25, 0.3) is 22.9 Å². The monoisotopic (exact) mass is 458 g/mol. The smallest absolute Gasteiger partial charge is 0.416 e. The molecule has 2 heterocycles. The van der Waals surface area contributed by atoms with Crippen molar-refractivity contribution in [3.63, 3.8) is 0 Å². The summed E-state index contributed by atoms with van der Waals surface area (Å²) in [6, 6.07) is 10.6. The minimum absolute atomic E-state index is 0.179. The van der Waals surface area contributed by atoms with Crippen molar-refractivity contribution >= 4 is 22.9 Å². The van der Waals surface area contributed by atoms with Gasteiger partial charge in [-0.3, -0.25) is 0 Å². The van der Waals surface area contributed by atoms with Gasteiger partial charge in [0.25, 0.3) is 0 Å². The lowest BCUT2D eigenvalue weighted by Gasteiger charge is -2.17. The molecule has 1 aliphatic heterocycles. The molecule has 1 aromatic heterocycles. The van der Waals surface area contributed by atoms with Gasteiger partial charge in [0.1, 0.15) is 0 Å². The van der Waals surface area contributed by atoms with Gasteiger partial charge < -0.3 is 9.47 Å². The minimum atomic E-state index is -4.94. The summed E-state index contributed by atoms with van der Waals surface area (Å²) in [5.41, 5.74) is -0.0309. The number of hydrogen-bond acceptors (Lipinski definition) is 6. The molecule has 1 aliphatic rings. The van der Waals surface area contributed by atoms with E-state index in [9.17, 15) is 13.2 Å². The van der Waals surface area contributed by atoms with E-state index in [1.807, 2.05) is 25.1 Å². The van der Waals surface area contributed by atoms with E-state index >= 15 is 0 Å². The first-order valence-electron chi connectivity index (χ1n) is 8.54. The Bertz CT molecular complexity index is 1100. The number of halogens is 4. The largest absolute Gasteiger partial charge is 0.454 e. The molecule has 2 aromatic carbocycles. The molecule has 0 saturated carbocycles. The van der Waals surface area contributed by atoms with Gasteiger partial charge in [0.15, 0.2) is 11.5 Å². The fourth-order valence-corrected chi connectivity index (χ4v) is 2.85. The maximum absolute atomic E-state index is 12.6. The molecule has 7 nitrogen and oxygen atoms in total. The maximum atomic E-state index is 12.6. The van der Waals surface area contributed by atoms with Crippen molar-refractivity contribution in [2.24, 2.45) is 0 Å². The van der Waals surface area contributed by atoms with E-state index in [0.29, 0.717) is 28.6 Å². The van der Waals surface area contributed by atoms with Crippen molar-refractivity contribution in [1.82, 2.24) is 0 Å². The summed E-state index contributed by atoms with van der Waals surface area (Å²) >= 11 is 0. The number of fused-ring (bicyclic) bond motifs is 2. The van der Waals surface area contributed by atoms with Crippen LogP contribution in [0.4, 0.5) is 13.2 Å². The molecule has 31 heavy (non-hydrogen) atoms. The van der Waals surface area contributed by atoms with Gasteiger partial charge >= 0.3 is 17.7 Å². The van der Waals surface area contributed by atoms with Gasteiger partial charge in [-0.2, -0.15) is 13.2 Å². The van der Waals surface area contributed by atoms with Crippen molar-refractivity contribution < 1.29 is 55.9 Å². The van der Waals surface area contributed by atoms with Crippen LogP contribution < -0.4 is 28.1 Å². The quantitative estimate of drug-likeness (QED) is 0.528. The van der Waals surface area contributed by atoms with E-state index in [2.05, 4.69) is 0 Å². The average molecular weight is 459 g/mol. The van der Waals surface area contributed by atoms with Crippen LogP contribution in [0.1, 0.15) is 22.6 Å². The highest BCUT2D eigenvalue weighted by Crippen LogP contribution is 2.38. The third kappa shape index (κ3) is 6.29. The highest BCUT2D eigenvalue weighted by atomic mass is 35.7. The molecule has 164 valence electrons. The van der Waals surface area contributed by atoms with Gasteiger partial charge in [-0.25, -0.2) is 23.1 Å². The molecule has 0 N–H and O–H groups in total. The Kier molecular flexibility index (Phi) is 6.39. The van der Waals surface area contributed by atoms with E-state index < -0.39 is 22.0 Å².